The monoisotopic (exact) mass is 233 g/mol. The minimum absolute atomic E-state index is 0.157. The van der Waals surface area contributed by atoms with Crippen molar-refractivity contribution in [1.82, 2.24) is 0 Å². The van der Waals surface area contributed by atoms with Gasteiger partial charge in [-0.2, -0.15) is 5.26 Å². The van der Waals surface area contributed by atoms with Gasteiger partial charge in [-0.3, -0.25) is 14.9 Å². The Hall–Kier alpha value is -2.42. The van der Waals surface area contributed by atoms with Crippen LogP contribution in [0.15, 0.2) is 18.2 Å². The van der Waals surface area contributed by atoms with E-state index in [1.807, 2.05) is 6.07 Å². The van der Waals surface area contributed by atoms with E-state index < -0.39 is 4.92 Å². The highest BCUT2D eigenvalue weighted by molar-refractivity contribution is 5.95. The van der Waals surface area contributed by atoms with Gasteiger partial charge in [0.2, 0.25) is 0 Å². The van der Waals surface area contributed by atoms with Crippen LogP contribution in [0.4, 0.5) is 11.4 Å². The first-order valence-electron chi connectivity index (χ1n) is 4.96. The summed E-state index contributed by atoms with van der Waals surface area (Å²) < 4.78 is 0. The number of nitrogens with one attached hydrogen (secondary N) is 1. The molecule has 0 atom stereocenters. The average Bonchev–Trinajstić information content (AvgIpc) is 2.29. The molecular weight excluding hydrogens is 222 g/mol. The number of ketones is 1. The Balaban J connectivity index is 3.01. The van der Waals surface area contributed by atoms with E-state index in [1.54, 1.807) is 0 Å². The Morgan fingerprint density at radius 2 is 2.29 bits per heavy atom. The van der Waals surface area contributed by atoms with E-state index in [-0.39, 0.29) is 17.9 Å². The summed E-state index contributed by atoms with van der Waals surface area (Å²) in [5.41, 5.74) is 0.452. The summed E-state index contributed by atoms with van der Waals surface area (Å²) in [4.78, 5) is 21.4. The SMILES string of the molecule is CC(=O)c1ccc(NCCC#N)c([N+](=O)[O-])c1. The molecule has 0 aliphatic carbocycles. The summed E-state index contributed by atoms with van der Waals surface area (Å²) in [5.74, 6) is -0.225. The molecule has 0 fully saturated rings. The van der Waals surface area contributed by atoms with Gasteiger partial charge >= 0.3 is 0 Å². The number of nitro groups is 1. The van der Waals surface area contributed by atoms with E-state index in [0.29, 0.717) is 17.8 Å². The van der Waals surface area contributed by atoms with Gasteiger partial charge in [-0.1, -0.05) is 0 Å². The van der Waals surface area contributed by atoms with Crippen LogP contribution in [0, 0.1) is 21.4 Å². The highest BCUT2D eigenvalue weighted by atomic mass is 16.6. The Labute approximate surface area is 98.0 Å². The zero-order valence-corrected chi connectivity index (χ0v) is 9.27. The van der Waals surface area contributed by atoms with Gasteiger partial charge in [-0.25, -0.2) is 0 Å². The maximum atomic E-state index is 11.1. The molecule has 0 aliphatic rings. The Morgan fingerprint density at radius 3 is 2.82 bits per heavy atom. The molecule has 0 aliphatic heterocycles. The van der Waals surface area contributed by atoms with E-state index in [4.69, 9.17) is 5.26 Å². The number of hydrogen-bond donors (Lipinski definition) is 1. The van der Waals surface area contributed by atoms with Crippen molar-refractivity contribution < 1.29 is 9.72 Å². The summed E-state index contributed by atoms with van der Waals surface area (Å²) in [7, 11) is 0. The zero-order chi connectivity index (χ0) is 12.8. The maximum Gasteiger partial charge on any atom is 0.293 e. The maximum absolute atomic E-state index is 11.1. The van der Waals surface area contributed by atoms with Crippen molar-refractivity contribution in [2.24, 2.45) is 0 Å². The lowest BCUT2D eigenvalue weighted by molar-refractivity contribution is -0.384. The fraction of sp³-hybridized carbons (Fsp3) is 0.273. The predicted molar refractivity (Wildman–Crippen MR) is 61.8 cm³/mol. The van der Waals surface area contributed by atoms with Gasteiger partial charge in [0.15, 0.2) is 5.78 Å². The molecule has 1 aromatic carbocycles. The van der Waals surface area contributed by atoms with E-state index in [9.17, 15) is 14.9 Å². The minimum atomic E-state index is -0.554. The molecule has 0 bridgehead atoms. The Bertz CT molecular complexity index is 491. The molecule has 0 saturated carbocycles. The van der Waals surface area contributed by atoms with Crippen LogP contribution in [-0.2, 0) is 0 Å². The third-order valence-electron chi connectivity index (χ3n) is 2.15. The first-order valence-corrected chi connectivity index (χ1v) is 4.96. The second-order valence-corrected chi connectivity index (χ2v) is 3.38. The van der Waals surface area contributed by atoms with Gasteiger partial charge in [0.05, 0.1) is 17.4 Å². The number of hydrogen-bond acceptors (Lipinski definition) is 5. The molecule has 0 saturated heterocycles. The minimum Gasteiger partial charge on any atom is -0.378 e. The molecule has 17 heavy (non-hydrogen) atoms. The van der Waals surface area contributed by atoms with Crippen molar-refractivity contribution in [3.63, 3.8) is 0 Å². The lowest BCUT2D eigenvalue weighted by Crippen LogP contribution is -2.05. The second kappa shape index (κ2) is 5.61. The Morgan fingerprint density at radius 1 is 1.59 bits per heavy atom. The van der Waals surface area contributed by atoms with E-state index in [2.05, 4.69) is 5.32 Å². The van der Waals surface area contributed by atoms with Crippen LogP contribution in [0.3, 0.4) is 0 Å². The zero-order valence-electron chi connectivity index (χ0n) is 9.27. The number of benzene rings is 1. The van der Waals surface area contributed by atoms with Gasteiger partial charge in [-0.15, -0.1) is 0 Å². The van der Waals surface area contributed by atoms with Crippen molar-refractivity contribution in [3.8, 4) is 6.07 Å². The van der Waals surface area contributed by atoms with Crippen LogP contribution in [0.1, 0.15) is 23.7 Å². The van der Waals surface area contributed by atoms with E-state index in [1.165, 1.54) is 25.1 Å². The molecule has 88 valence electrons. The molecule has 6 nitrogen and oxygen atoms in total. The van der Waals surface area contributed by atoms with Gasteiger partial charge in [0, 0.05) is 18.2 Å². The fourth-order valence-corrected chi connectivity index (χ4v) is 1.30. The molecule has 1 rings (SSSR count). The van der Waals surface area contributed by atoms with Crippen molar-refractivity contribution in [2.45, 2.75) is 13.3 Å². The number of anilines is 1. The number of Topliss-reactive ketones (excluding diaryl/α,β-unsaturated/α-hetero) is 1. The molecule has 0 spiro atoms. The summed E-state index contributed by atoms with van der Waals surface area (Å²) in [6, 6.07) is 6.16. The van der Waals surface area contributed by atoms with Crippen LogP contribution < -0.4 is 5.32 Å². The number of rotatable bonds is 5. The topological polar surface area (TPSA) is 96.0 Å². The largest absolute Gasteiger partial charge is 0.378 e. The first kappa shape index (κ1) is 12.6. The molecule has 0 aromatic heterocycles. The van der Waals surface area contributed by atoms with Crippen LogP contribution in [0.2, 0.25) is 0 Å². The van der Waals surface area contributed by atoms with E-state index in [0.717, 1.165) is 0 Å². The summed E-state index contributed by atoms with van der Waals surface area (Å²) in [6.45, 7) is 1.68. The smallest absolute Gasteiger partial charge is 0.293 e. The highest BCUT2D eigenvalue weighted by Crippen LogP contribution is 2.25. The number of nitriles is 1. The lowest BCUT2D eigenvalue weighted by atomic mass is 10.1. The highest BCUT2D eigenvalue weighted by Gasteiger charge is 2.15. The molecule has 1 aromatic rings. The van der Waals surface area contributed by atoms with Gasteiger partial charge in [-0.05, 0) is 19.1 Å². The van der Waals surface area contributed by atoms with Crippen LogP contribution in [0.25, 0.3) is 0 Å². The van der Waals surface area contributed by atoms with E-state index >= 15 is 0 Å². The first-order chi connectivity index (χ1) is 8.06. The van der Waals surface area contributed by atoms with Gasteiger partial charge < -0.3 is 5.32 Å². The van der Waals surface area contributed by atoms with Crippen LogP contribution >= 0.6 is 0 Å². The van der Waals surface area contributed by atoms with Crippen molar-refractivity contribution in [3.05, 3.63) is 33.9 Å². The number of carbonyl (C=O) groups is 1. The molecular formula is C11H11N3O3. The molecule has 0 unspecified atom stereocenters. The van der Waals surface area contributed by atoms with Crippen molar-refractivity contribution in [2.75, 3.05) is 11.9 Å². The van der Waals surface area contributed by atoms with Crippen molar-refractivity contribution >= 4 is 17.2 Å². The van der Waals surface area contributed by atoms with Crippen molar-refractivity contribution in [1.29, 1.82) is 5.26 Å². The standard InChI is InChI=1S/C11H11N3O3/c1-8(15)9-3-4-10(13-6-2-5-12)11(7-9)14(16)17/h3-4,7,13H,2,6H2,1H3. The summed E-state index contributed by atoms with van der Waals surface area (Å²) in [5, 5.41) is 22.0. The number of carbonyl (C=O) groups excluding carboxylic acids is 1. The number of nitro benzene ring substituents is 1. The predicted octanol–water partition coefficient (Wildman–Crippen LogP) is 2.12. The third kappa shape index (κ3) is 3.28. The fourth-order valence-electron chi connectivity index (χ4n) is 1.30. The van der Waals surface area contributed by atoms with Gasteiger partial charge in [0.25, 0.3) is 5.69 Å². The lowest BCUT2D eigenvalue weighted by Gasteiger charge is -2.05. The number of nitrogens with zero attached hydrogens (tertiary/aromatic N) is 2. The Kier molecular flexibility index (Phi) is 4.17. The molecule has 0 radical (unpaired) electrons. The third-order valence-corrected chi connectivity index (χ3v) is 2.15. The molecule has 6 heteroatoms. The molecule has 0 amide bonds. The second-order valence-electron chi connectivity index (χ2n) is 3.38. The molecule has 0 heterocycles. The van der Waals surface area contributed by atoms with Crippen LogP contribution in [0.5, 0.6) is 0 Å². The van der Waals surface area contributed by atoms with Gasteiger partial charge in [0.1, 0.15) is 5.69 Å². The normalized spacial score (nSPS) is 9.41. The van der Waals surface area contributed by atoms with Crippen LogP contribution in [-0.4, -0.2) is 17.3 Å². The molecule has 1 N–H and O–H groups in total. The summed E-state index contributed by atoms with van der Waals surface area (Å²) in [6.07, 6.45) is 0.256. The summed E-state index contributed by atoms with van der Waals surface area (Å²) >= 11 is 0. The quantitative estimate of drug-likeness (QED) is 0.363. The average molecular weight is 233 g/mol.